The van der Waals surface area contributed by atoms with Gasteiger partial charge in [-0.15, -0.1) is 0 Å². The Hall–Kier alpha value is -3.06. The topological polar surface area (TPSA) is 129 Å². The number of alkyl halides is 3. The van der Waals surface area contributed by atoms with E-state index < -0.39 is 33.3 Å². The molecule has 0 bridgehead atoms. The predicted molar refractivity (Wildman–Crippen MR) is 106 cm³/mol. The van der Waals surface area contributed by atoms with E-state index >= 15 is 0 Å². The van der Waals surface area contributed by atoms with Crippen LogP contribution in [0.15, 0.2) is 18.5 Å². The number of hydrogen-bond donors (Lipinski definition) is 3. The Morgan fingerprint density at radius 2 is 2.06 bits per heavy atom. The maximum atomic E-state index is 14.9. The van der Waals surface area contributed by atoms with Crippen molar-refractivity contribution in [3.63, 3.8) is 0 Å². The first-order valence-corrected chi connectivity index (χ1v) is 10.8. The number of nitrogens with one attached hydrogen (secondary N) is 2. The second kappa shape index (κ2) is 6.99. The van der Waals surface area contributed by atoms with E-state index in [2.05, 4.69) is 15.2 Å². The van der Waals surface area contributed by atoms with Crippen LogP contribution in [-0.2, 0) is 23.0 Å². The molecule has 0 fully saturated rings. The second-order valence-electron chi connectivity index (χ2n) is 7.13. The van der Waals surface area contributed by atoms with E-state index in [-0.39, 0.29) is 36.3 Å². The fourth-order valence-corrected chi connectivity index (χ4v) is 4.60. The van der Waals surface area contributed by atoms with Gasteiger partial charge in [0.05, 0.1) is 23.7 Å². The van der Waals surface area contributed by atoms with Gasteiger partial charge in [0.1, 0.15) is 11.2 Å². The molecular weight excluding hydrogens is 440 g/mol. The number of hydrogen-bond acceptors (Lipinski definition) is 6. The van der Waals surface area contributed by atoms with Crippen LogP contribution in [-0.4, -0.2) is 52.6 Å². The van der Waals surface area contributed by atoms with E-state index in [1.165, 1.54) is 6.20 Å². The molecule has 164 valence electrons. The van der Waals surface area contributed by atoms with Crippen LogP contribution in [0.5, 0.6) is 0 Å². The highest BCUT2D eigenvalue weighted by atomic mass is 32.2. The molecule has 0 amide bonds. The van der Waals surface area contributed by atoms with Crippen molar-refractivity contribution in [1.29, 1.82) is 5.41 Å². The molecule has 0 saturated heterocycles. The summed E-state index contributed by atoms with van der Waals surface area (Å²) in [5.74, 6) is -0.795. The molecule has 4 N–H and O–H groups in total. The van der Waals surface area contributed by atoms with Gasteiger partial charge in [0.2, 0.25) is 10.0 Å². The molecule has 2 aromatic heterocycles. The molecule has 0 spiro atoms. The van der Waals surface area contributed by atoms with Crippen molar-refractivity contribution in [2.75, 3.05) is 12.8 Å². The minimum atomic E-state index is -5.03. The average molecular weight is 456 g/mol. The highest BCUT2D eigenvalue weighted by Gasteiger charge is 2.39. The molecule has 0 unspecified atom stereocenters. The van der Waals surface area contributed by atoms with Gasteiger partial charge in [-0.05, 0) is 17.5 Å². The van der Waals surface area contributed by atoms with E-state index in [9.17, 15) is 26.0 Å². The molecule has 3 heterocycles. The zero-order chi connectivity index (χ0) is 22.7. The van der Waals surface area contributed by atoms with Gasteiger partial charge in [0.25, 0.3) is 0 Å². The van der Waals surface area contributed by atoms with E-state index in [4.69, 9.17) is 11.1 Å². The van der Waals surface area contributed by atoms with Gasteiger partial charge >= 0.3 is 6.18 Å². The Bertz CT molecular complexity index is 1380. The van der Waals surface area contributed by atoms with Crippen molar-refractivity contribution in [2.24, 2.45) is 5.73 Å². The summed E-state index contributed by atoms with van der Waals surface area (Å²) in [4.78, 5) is 4.11. The summed E-state index contributed by atoms with van der Waals surface area (Å²) < 4.78 is 80.0. The fraction of sp³-hybridized carbons (Fsp3) is 0.278. The molecule has 0 radical (unpaired) electrons. The summed E-state index contributed by atoms with van der Waals surface area (Å²) in [7, 11) is -3.67. The van der Waals surface area contributed by atoms with Crippen LogP contribution in [0, 0.1) is 11.2 Å². The fourth-order valence-electron chi connectivity index (χ4n) is 3.81. The minimum Gasteiger partial charge on any atom is -0.404 e. The number of halogens is 4. The Balaban J connectivity index is 2.10. The van der Waals surface area contributed by atoms with E-state index in [0.717, 1.165) is 16.6 Å². The lowest BCUT2D eigenvalue weighted by Crippen LogP contribution is -2.36. The first kappa shape index (κ1) is 21.2. The SMILES string of the molecule is CS(=O)(=O)N1CCc2c(c(/C(=C/N)C(=N)C(F)(F)F)nc3c(F)cc4[nH]ncc4c23)C1. The summed E-state index contributed by atoms with van der Waals surface area (Å²) >= 11 is 0. The van der Waals surface area contributed by atoms with Gasteiger partial charge < -0.3 is 5.73 Å². The number of fused-ring (bicyclic) bond motifs is 5. The molecule has 1 aromatic carbocycles. The molecule has 13 heteroatoms. The normalized spacial score (nSPS) is 16.1. The largest absolute Gasteiger partial charge is 0.433 e. The van der Waals surface area contributed by atoms with Gasteiger partial charge in [-0.25, -0.2) is 17.8 Å². The number of sulfonamides is 1. The van der Waals surface area contributed by atoms with Gasteiger partial charge in [-0.1, -0.05) is 0 Å². The maximum Gasteiger partial charge on any atom is 0.433 e. The van der Waals surface area contributed by atoms with Crippen molar-refractivity contribution >= 4 is 43.1 Å². The Morgan fingerprint density at radius 3 is 2.68 bits per heavy atom. The first-order valence-electron chi connectivity index (χ1n) is 8.94. The number of allylic oxidation sites excluding steroid dienone is 1. The number of aromatic amines is 1. The molecule has 1 aliphatic heterocycles. The van der Waals surface area contributed by atoms with Crippen LogP contribution in [0.4, 0.5) is 17.6 Å². The Kier molecular flexibility index (Phi) is 4.77. The second-order valence-corrected chi connectivity index (χ2v) is 9.11. The lowest BCUT2D eigenvalue weighted by molar-refractivity contribution is -0.0578. The molecular formula is C18H16F4N6O2S. The summed E-state index contributed by atoms with van der Waals surface area (Å²) in [6, 6.07) is 1.13. The summed E-state index contributed by atoms with van der Waals surface area (Å²) in [5.41, 5.74) is 3.29. The van der Waals surface area contributed by atoms with Crippen molar-refractivity contribution in [3.05, 3.63) is 41.1 Å². The zero-order valence-corrected chi connectivity index (χ0v) is 16.8. The third-order valence-electron chi connectivity index (χ3n) is 5.24. The first-order chi connectivity index (χ1) is 14.4. The highest BCUT2D eigenvalue weighted by Crippen LogP contribution is 2.38. The number of rotatable bonds is 3. The van der Waals surface area contributed by atoms with Gasteiger partial charge in [-0.2, -0.15) is 22.6 Å². The lowest BCUT2D eigenvalue weighted by Gasteiger charge is -2.30. The summed E-state index contributed by atoms with van der Waals surface area (Å²) in [6.07, 6.45) is -1.92. The third-order valence-corrected chi connectivity index (χ3v) is 6.49. The van der Waals surface area contributed by atoms with E-state index in [1.807, 2.05) is 0 Å². The van der Waals surface area contributed by atoms with Crippen molar-refractivity contribution < 1.29 is 26.0 Å². The highest BCUT2D eigenvalue weighted by molar-refractivity contribution is 7.88. The van der Waals surface area contributed by atoms with Gasteiger partial charge in [0, 0.05) is 41.7 Å². The van der Waals surface area contributed by atoms with Gasteiger partial charge in [0.15, 0.2) is 5.82 Å². The number of nitrogens with zero attached hydrogens (tertiary/aromatic N) is 3. The van der Waals surface area contributed by atoms with E-state index in [0.29, 0.717) is 28.1 Å². The zero-order valence-electron chi connectivity index (χ0n) is 16.0. The predicted octanol–water partition coefficient (Wildman–Crippen LogP) is 2.45. The number of benzene rings is 1. The number of nitrogens with two attached hydrogens (primary N) is 1. The molecule has 31 heavy (non-hydrogen) atoms. The van der Waals surface area contributed by atoms with Gasteiger partial charge in [-0.3, -0.25) is 10.5 Å². The average Bonchev–Trinajstić information content (AvgIpc) is 3.14. The molecule has 3 aromatic rings. The quantitative estimate of drug-likeness (QED) is 0.412. The number of H-pyrrole nitrogens is 1. The van der Waals surface area contributed by atoms with Crippen molar-refractivity contribution in [3.8, 4) is 0 Å². The third kappa shape index (κ3) is 3.43. The number of pyridine rings is 1. The Labute approximate surface area is 173 Å². The van der Waals surface area contributed by atoms with Crippen LogP contribution in [0.25, 0.3) is 27.4 Å². The molecule has 0 saturated carbocycles. The minimum absolute atomic E-state index is 0.0542. The maximum absolute atomic E-state index is 14.9. The number of aromatic nitrogens is 3. The molecule has 0 atom stereocenters. The Morgan fingerprint density at radius 1 is 1.35 bits per heavy atom. The van der Waals surface area contributed by atoms with E-state index in [1.54, 1.807) is 0 Å². The standard InChI is InChI=1S/C18H16F4N6O2S/c1-31(29,30)28-3-2-8-11(7-28)15(9(5-23)17(24)18(20,21)22)26-16-12(19)4-13-10(14(8)16)6-25-27-13/h4-6,24H,2-3,7,23H2,1H3,(H,25,27)/b9-5-,24-17?. The van der Waals surface area contributed by atoms with Crippen LogP contribution in [0.3, 0.4) is 0 Å². The summed E-state index contributed by atoms with van der Waals surface area (Å²) in [5, 5.41) is 14.9. The molecule has 8 nitrogen and oxygen atoms in total. The van der Waals surface area contributed by atoms with Crippen molar-refractivity contribution in [2.45, 2.75) is 19.1 Å². The van der Waals surface area contributed by atoms with Crippen LogP contribution >= 0.6 is 0 Å². The smallest absolute Gasteiger partial charge is 0.404 e. The molecule has 4 rings (SSSR count). The van der Waals surface area contributed by atoms with Crippen LogP contribution in [0.1, 0.15) is 16.8 Å². The monoisotopic (exact) mass is 456 g/mol. The van der Waals surface area contributed by atoms with Crippen LogP contribution < -0.4 is 5.73 Å². The van der Waals surface area contributed by atoms with Crippen LogP contribution in [0.2, 0.25) is 0 Å². The molecule has 0 aliphatic carbocycles. The van der Waals surface area contributed by atoms with Crippen molar-refractivity contribution in [1.82, 2.24) is 19.5 Å². The summed E-state index contributed by atoms with van der Waals surface area (Å²) in [6.45, 7) is -0.233. The molecule has 1 aliphatic rings. The lowest BCUT2D eigenvalue weighted by atomic mass is 9.90.